The number of hydrogen-bond acceptors (Lipinski definition) is 4. The van der Waals surface area contributed by atoms with Crippen LogP contribution in [-0.4, -0.2) is 53.3 Å². The van der Waals surface area contributed by atoms with Crippen LogP contribution < -0.4 is 5.32 Å². The normalized spacial score (nSPS) is 16.2. The van der Waals surface area contributed by atoms with E-state index in [9.17, 15) is 14.7 Å². The van der Waals surface area contributed by atoms with Crippen LogP contribution in [0.5, 0.6) is 0 Å². The first-order chi connectivity index (χ1) is 16.7. The average molecular weight is 475 g/mol. The molecule has 1 fully saturated rings. The zero-order valence-corrected chi connectivity index (χ0v) is 20.7. The molecule has 2 amide bonds. The Morgan fingerprint density at radius 2 is 1.51 bits per heavy atom. The fourth-order valence-electron chi connectivity index (χ4n) is 4.70. The van der Waals surface area contributed by atoms with Crippen LogP contribution >= 0.6 is 0 Å². The lowest BCUT2D eigenvalue weighted by Crippen LogP contribution is -2.45. The van der Waals surface area contributed by atoms with Gasteiger partial charge < -0.3 is 20.1 Å². The summed E-state index contributed by atoms with van der Waals surface area (Å²) in [5, 5.41) is 12.3. The van der Waals surface area contributed by atoms with Crippen LogP contribution in [0.1, 0.15) is 62.3 Å². The number of hydrogen-bond donors (Lipinski definition) is 2. The van der Waals surface area contributed by atoms with E-state index in [1.807, 2.05) is 4.90 Å². The van der Waals surface area contributed by atoms with Crippen LogP contribution in [0.3, 0.4) is 0 Å². The highest BCUT2D eigenvalue weighted by atomic mass is 16.6. The third-order valence-electron chi connectivity index (χ3n) is 6.34. The van der Waals surface area contributed by atoms with Gasteiger partial charge in [0.1, 0.15) is 5.60 Å². The summed E-state index contributed by atoms with van der Waals surface area (Å²) >= 11 is 0. The average Bonchev–Trinajstić information content (AvgIpc) is 2.99. The molecule has 1 atom stereocenters. The monoisotopic (exact) mass is 474 g/mol. The van der Waals surface area contributed by atoms with Gasteiger partial charge in [0.05, 0.1) is 12.6 Å². The van der Waals surface area contributed by atoms with E-state index < -0.39 is 17.7 Å². The number of amides is 2. The number of rotatable bonds is 4. The molecule has 0 bridgehead atoms. The van der Waals surface area contributed by atoms with Crippen LogP contribution in [0.15, 0.2) is 54.1 Å². The number of ether oxygens (including phenoxy) is 1. The highest BCUT2D eigenvalue weighted by Gasteiger charge is 2.27. The number of likely N-dealkylation sites (tertiary alicyclic amines) is 1. The smallest absolute Gasteiger partial charge is 0.407 e. The van der Waals surface area contributed by atoms with Gasteiger partial charge >= 0.3 is 6.09 Å². The first-order valence-corrected chi connectivity index (χ1v) is 12.2. The molecule has 2 N–H and O–H groups in total. The Morgan fingerprint density at radius 1 is 0.971 bits per heavy atom. The molecule has 2 aliphatic rings. The SMILES string of the molecule is CC(C)(C)OC(=O)N[C@@H](CO)CC(=O)N1CCC(=C2c3ccccc3C=Cc3ccccc32)CC1. The second kappa shape index (κ2) is 10.5. The highest BCUT2D eigenvalue weighted by molar-refractivity contribution is 5.95. The molecule has 0 unspecified atom stereocenters. The van der Waals surface area contributed by atoms with E-state index >= 15 is 0 Å². The van der Waals surface area contributed by atoms with Gasteiger partial charge in [-0.25, -0.2) is 4.79 Å². The summed E-state index contributed by atoms with van der Waals surface area (Å²) in [6.07, 6.45) is 5.33. The maximum absolute atomic E-state index is 13.0. The van der Waals surface area contributed by atoms with Crippen molar-refractivity contribution in [2.24, 2.45) is 0 Å². The number of aliphatic hydroxyl groups is 1. The zero-order valence-electron chi connectivity index (χ0n) is 20.7. The molecule has 1 aliphatic carbocycles. The number of nitrogens with one attached hydrogen (secondary N) is 1. The van der Waals surface area contributed by atoms with E-state index in [0.717, 1.165) is 12.8 Å². The summed E-state index contributed by atoms with van der Waals surface area (Å²) in [5.41, 5.74) is 6.83. The summed E-state index contributed by atoms with van der Waals surface area (Å²) < 4.78 is 5.25. The minimum Gasteiger partial charge on any atom is -0.444 e. The van der Waals surface area contributed by atoms with E-state index in [1.165, 1.54) is 33.4 Å². The van der Waals surface area contributed by atoms with Crippen molar-refractivity contribution in [1.82, 2.24) is 10.2 Å². The lowest BCUT2D eigenvalue weighted by Gasteiger charge is -2.32. The number of fused-ring (bicyclic) bond motifs is 2. The number of aliphatic hydroxyl groups excluding tert-OH is 1. The van der Waals surface area contributed by atoms with Crippen LogP contribution in [0.25, 0.3) is 17.7 Å². The van der Waals surface area contributed by atoms with Gasteiger partial charge in [0.15, 0.2) is 0 Å². The number of carbonyl (C=O) groups is 2. The predicted molar refractivity (Wildman–Crippen MR) is 139 cm³/mol. The molecule has 0 aromatic heterocycles. The van der Waals surface area contributed by atoms with Crippen molar-refractivity contribution in [1.29, 1.82) is 0 Å². The molecule has 6 nitrogen and oxygen atoms in total. The second-order valence-electron chi connectivity index (χ2n) is 10.1. The van der Waals surface area contributed by atoms with Crippen LogP contribution in [0.2, 0.25) is 0 Å². The molecule has 0 saturated carbocycles. The molecule has 184 valence electrons. The molecule has 1 aliphatic heterocycles. The van der Waals surface area contributed by atoms with Crippen LogP contribution in [0, 0.1) is 0 Å². The maximum Gasteiger partial charge on any atom is 0.407 e. The summed E-state index contributed by atoms with van der Waals surface area (Å²) in [6, 6.07) is 16.2. The Bertz CT molecular complexity index is 1100. The van der Waals surface area contributed by atoms with Crippen molar-refractivity contribution in [3.8, 4) is 0 Å². The van der Waals surface area contributed by atoms with Gasteiger partial charge in [0.2, 0.25) is 5.91 Å². The van der Waals surface area contributed by atoms with Crippen molar-refractivity contribution in [3.63, 3.8) is 0 Å². The van der Waals surface area contributed by atoms with Crippen molar-refractivity contribution >= 4 is 29.7 Å². The minimum absolute atomic E-state index is 0.0389. The molecular formula is C29H34N2O4. The Kier molecular flexibility index (Phi) is 7.41. The quantitative estimate of drug-likeness (QED) is 0.565. The van der Waals surface area contributed by atoms with Crippen molar-refractivity contribution < 1.29 is 19.4 Å². The number of nitrogens with zero attached hydrogens (tertiary/aromatic N) is 1. The van der Waals surface area contributed by atoms with Crippen molar-refractivity contribution in [2.45, 2.75) is 51.7 Å². The Balaban J connectivity index is 1.48. The van der Waals surface area contributed by atoms with Gasteiger partial charge in [0.25, 0.3) is 0 Å². The molecule has 1 heterocycles. The third kappa shape index (κ3) is 6.01. The van der Waals surface area contributed by atoms with Crippen LogP contribution in [-0.2, 0) is 9.53 Å². The Labute approximate surface area is 207 Å². The van der Waals surface area contributed by atoms with Gasteiger partial charge in [-0.3, -0.25) is 4.79 Å². The molecule has 6 heteroatoms. The van der Waals surface area contributed by atoms with Gasteiger partial charge in [-0.05, 0) is 61.4 Å². The summed E-state index contributed by atoms with van der Waals surface area (Å²) in [7, 11) is 0. The lowest BCUT2D eigenvalue weighted by atomic mass is 9.86. The van der Waals surface area contributed by atoms with Gasteiger partial charge in [-0.15, -0.1) is 0 Å². The highest BCUT2D eigenvalue weighted by Crippen LogP contribution is 2.38. The van der Waals surface area contributed by atoms with Gasteiger partial charge in [-0.1, -0.05) is 66.3 Å². The van der Waals surface area contributed by atoms with Gasteiger partial charge in [-0.2, -0.15) is 0 Å². The molecule has 0 radical (unpaired) electrons. The Morgan fingerprint density at radius 3 is 2.03 bits per heavy atom. The number of piperidine rings is 1. The van der Waals surface area contributed by atoms with Crippen LogP contribution in [0.4, 0.5) is 4.79 Å². The van der Waals surface area contributed by atoms with Crippen molar-refractivity contribution in [3.05, 3.63) is 76.4 Å². The summed E-state index contributed by atoms with van der Waals surface area (Å²) in [5.74, 6) is -0.0764. The number of alkyl carbamates (subject to hydrolysis) is 1. The number of benzene rings is 2. The van der Waals surface area contributed by atoms with E-state index in [-0.39, 0.29) is 18.9 Å². The standard InChI is InChI=1S/C29H34N2O4/c1-29(2,3)35-28(34)30-23(19-32)18-26(33)31-16-14-22(15-17-31)27-24-10-6-4-8-20(24)12-13-21-9-5-7-11-25(21)27/h4-13,23,32H,14-19H2,1-3H3,(H,30,34)/t23-/m1/s1. The molecule has 2 aromatic rings. The zero-order chi connectivity index (χ0) is 25.0. The molecule has 0 spiro atoms. The fraction of sp³-hybridized carbons (Fsp3) is 0.379. The molecule has 2 aromatic carbocycles. The van der Waals surface area contributed by atoms with E-state index in [0.29, 0.717) is 13.1 Å². The lowest BCUT2D eigenvalue weighted by molar-refractivity contribution is -0.132. The second-order valence-corrected chi connectivity index (χ2v) is 10.1. The summed E-state index contributed by atoms with van der Waals surface area (Å²) in [4.78, 5) is 26.8. The Hall–Kier alpha value is -3.38. The molecule has 1 saturated heterocycles. The largest absolute Gasteiger partial charge is 0.444 e. The van der Waals surface area contributed by atoms with E-state index in [2.05, 4.69) is 66.0 Å². The fourth-order valence-corrected chi connectivity index (χ4v) is 4.70. The molecular weight excluding hydrogens is 440 g/mol. The number of carbonyl (C=O) groups excluding carboxylic acids is 2. The first kappa shape index (κ1) is 24.7. The first-order valence-electron chi connectivity index (χ1n) is 12.2. The summed E-state index contributed by atoms with van der Waals surface area (Å²) in [6.45, 7) is 6.21. The maximum atomic E-state index is 13.0. The third-order valence-corrected chi connectivity index (χ3v) is 6.34. The molecule has 35 heavy (non-hydrogen) atoms. The predicted octanol–water partition coefficient (Wildman–Crippen LogP) is 4.87. The van der Waals surface area contributed by atoms with E-state index in [4.69, 9.17) is 4.74 Å². The van der Waals surface area contributed by atoms with E-state index in [1.54, 1.807) is 20.8 Å². The van der Waals surface area contributed by atoms with Gasteiger partial charge in [0, 0.05) is 19.5 Å². The minimum atomic E-state index is -0.677. The molecule has 4 rings (SSSR count). The topological polar surface area (TPSA) is 78.9 Å². The van der Waals surface area contributed by atoms with Crippen molar-refractivity contribution in [2.75, 3.05) is 19.7 Å².